The number of fused-ring (bicyclic) bond motifs is 1. The van der Waals surface area contributed by atoms with E-state index in [9.17, 15) is 9.59 Å². The number of thiazole rings is 1. The van der Waals surface area contributed by atoms with Crippen molar-refractivity contribution in [3.8, 4) is 0 Å². The number of carbonyl (C=O) groups is 2. The maximum absolute atomic E-state index is 12.1. The van der Waals surface area contributed by atoms with Gasteiger partial charge in [-0.2, -0.15) is 0 Å². The molecule has 21 heavy (non-hydrogen) atoms. The Morgan fingerprint density at radius 1 is 1.43 bits per heavy atom. The maximum atomic E-state index is 12.1. The first-order valence-electron chi connectivity index (χ1n) is 6.38. The SMILES string of the molecule is CC1c2nc(C(=O)O)sc2CNC1C(=O)OC(C)(C)C.[LiH]. The van der Waals surface area contributed by atoms with Gasteiger partial charge in [0.2, 0.25) is 5.01 Å². The number of hydrogen-bond donors (Lipinski definition) is 2. The fourth-order valence-corrected chi connectivity index (χ4v) is 3.08. The van der Waals surface area contributed by atoms with Crippen LogP contribution in [0.25, 0.3) is 0 Å². The molecule has 2 atom stereocenters. The monoisotopic (exact) mass is 306 g/mol. The third-order valence-electron chi connectivity index (χ3n) is 2.99. The second kappa shape index (κ2) is 6.49. The van der Waals surface area contributed by atoms with E-state index in [0.717, 1.165) is 16.2 Å². The standard InChI is InChI=1S/C13H18N2O4S.Li.H/c1-6-8-7(20-10(15-8)11(16)17)5-14-9(6)12(18)19-13(2,3)4;;/h6,9,14H,5H2,1-4H3,(H,16,17);;. The Hall–Kier alpha value is -0.873. The summed E-state index contributed by atoms with van der Waals surface area (Å²) in [6, 6.07) is -0.495. The molecule has 1 aromatic rings. The first-order valence-corrected chi connectivity index (χ1v) is 7.20. The molecule has 2 unspecified atom stereocenters. The van der Waals surface area contributed by atoms with Crippen molar-refractivity contribution in [2.24, 2.45) is 0 Å². The Morgan fingerprint density at radius 3 is 2.57 bits per heavy atom. The molecule has 0 bridgehead atoms. The second-order valence-corrected chi connectivity index (χ2v) is 6.90. The van der Waals surface area contributed by atoms with E-state index in [1.807, 2.05) is 27.7 Å². The quantitative estimate of drug-likeness (QED) is 0.628. The van der Waals surface area contributed by atoms with Crippen LogP contribution in [-0.2, 0) is 16.1 Å². The summed E-state index contributed by atoms with van der Waals surface area (Å²) < 4.78 is 5.37. The summed E-state index contributed by atoms with van der Waals surface area (Å²) in [5.41, 5.74) is 0.134. The van der Waals surface area contributed by atoms with Crippen molar-refractivity contribution in [1.82, 2.24) is 10.3 Å². The molecule has 112 valence electrons. The number of aromatic carboxylic acids is 1. The van der Waals surface area contributed by atoms with Crippen LogP contribution in [0.4, 0.5) is 0 Å². The molecule has 1 aliphatic heterocycles. The predicted octanol–water partition coefficient (Wildman–Crippen LogP) is 1.11. The number of aromatic nitrogens is 1. The first-order chi connectivity index (χ1) is 9.19. The number of rotatable bonds is 2. The summed E-state index contributed by atoms with van der Waals surface area (Å²) in [6.45, 7) is 7.74. The van der Waals surface area contributed by atoms with Crippen molar-refractivity contribution in [2.45, 2.75) is 51.8 Å². The van der Waals surface area contributed by atoms with Crippen LogP contribution in [0.3, 0.4) is 0 Å². The van der Waals surface area contributed by atoms with Crippen LogP contribution in [0.2, 0.25) is 0 Å². The molecular weight excluding hydrogens is 287 g/mol. The van der Waals surface area contributed by atoms with E-state index in [1.54, 1.807) is 0 Å². The number of nitrogens with zero attached hydrogens (tertiary/aromatic N) is 1. The molecule has 2 heterocycles. The Kier molecular flexibility index (Phi) is 5.61. The van der Waals surface area contributed by atoms with Crippen LogP contribution in [0.1, 0.15) is 54.0 Å². The first kappa shape index (κ1) is 18.2. The zero-order valence-electron chi connectivity index (χ0n) is 11.9. The van der Waals surface area contributed by atoms with Crippen LogP contribution < -0.4 is 5.32 Å². The zero-order chi connectivity index (χ0) is 15.1. The molecule has 0 fully saturated rings. The van der Waals surface area contributed by atoms with Gasteiger partial charge < -0.3 is 9.84 Å². The van der Waals surface area contributed by atoms with E-state index in [1.165, 1.54) is 0 Å². The van der Waals surface area contributed by atoms with Gasteiger partial charge in [0.05, 0.1) is 5.69 Å². The summed E-state index contributed by atoms with van der Waals surface area (Å²) in [6.07, 6.45) is 0. The van der Waals surface area contributed by atoms with Gasteiger partial charge in [0.15, 0.2) is 0 Å². The van der Waals surface area contributed by atoms with E-state index in [0.29, 0.717) is 12.2 Å². The zero-order valence-corrected chi connectivity index (χ0v) is 12.7. The molecular formula is C13H19LiN2O4S. The van der Waals surface area contributed by atoms with E-state index < -0.39 is 17.6 Å². The van der Waals surface area contributed by atoms with Crippen LogP contribution in [0.5, 0.6) is 0 Å². The minimum atomic E-state index is -1.04. The molecule has 0 aliphatic carbocycles. The Labute approximate surface area is 139 Å². The Balaban J connectivity index is 0.00000220. The Bertz CT molecular complexity index is 553. The fraction of sp³-hybridized carbons (Fsp3) is 0.615. The molecule has 2 N–H and O–H groups in total. The number of carbonyl (C=O) groups excluding carboxylic acids is 1. The van der Waals surface area contributed by atoms with Crippen LogP contribution >= 0.6 is 11.3 Å². The molecule has 8 heteroatoms. The van der Waals surface area contributed by atoms with Gasteiger partial charge in [0, 0.05) is 17.3 Å². The molecule has 0 saturated carbocycles. The van der Waals surface area contributed by atoms with E-state index in [2.05, 4.69) is 10.3 Å². The molecule has 0 saturated heterocycles. The number of carboxylic acid groups (broad SMARTS) is 1. The molecule has 1 aromatic heterocycles. The minimum absolute atomic E-state index is 0. The third-order valence-corrected chi connectivity index (χ3v) is 4.04. The van der Waals surface area contributed by atoms with E-state index in [-0.39, 0.29) is 35.8 Å². The van der Waals surface area contributed by atoms with Gasteiger partial charge in [-0.1, -0.05) is 6.92 Å². The van der Waals surface area contributed by atoms with Crippen molar-refractivity contribution in [3.05, 3.63) is 15.6 Å². The molecule has 0 amide bonds. The summed E-state index contributed by atoms with van der Waals surface area (Å²) in [7, 11) is 0. The number of carboxylic acids is 1. The normalized spacial score (nSPS) is 21.1. The van der Waals surface area contributed by atoms with Gasteiger partial charge in [-0.05, 0) is 20.8 Å². The van der Waals surface area contributed by atoms with Gasteiger partial charge in [-0.15, -0.1) is 11.3 Å². The van der Waals surface area contributed by atoms with Gasteiger partial charge in [0.25, 0.3) is 0 Å². The van der Waals surface area contributed by atoms with Crippen molar-refractivity contribution < 1.29 is 19.4 Å². The van der Waals surface area contributed by atoms with Gasteiger partial charge in [0.1, 0.15) is 11.6 Å². The number of esters is 1. The van der Waals surface area contributed by atoms with Crippen molar-refractivity contribution in [2.75, 3.05) is 0 Å². The average molecular weight is 306 g/mol. The number of hydrogen-bond acceptors (Lipinski definition) is 6. The summed E-state index contributed by atoms with van der Waals surface area (Å²) in [4.78, 5) is 28.1. The van der Waals surface area contributed by atoms with Crippen molar-refractivity contribution >= 4 is 42.1 Å². The molecule has 0 radical (unpaired) electrons. The summed E-state index contributed by atoms with van der Waals surface area (Å²) in [5, 5.41) is 12.2. The molecule has 0 spiro atoms. The molecule has 0 aromatic carbocycles. The average Bonchev–Trinajstić information content (AvgIpc) is 2.71. The van der Waals surface area contributed by atoms with Crippen LogP contribution in [-0.4, -0.2) is 52.5 Å². The van der Waals surface area contributed by atoms with E-state index >= 15 is 0 Å². The fourth-order valence-electron chi connectivity index (χ4n) is 2.13. The topological polar surface area (TPSA) is 88.5 Å². The molecule has 2 rings (SSSR count). The second-order valence-electron chi connectivity index (χ2n) is 5.81. The third kappa shape index (κ3) is 4.07. The number of nitrogens with one attached hydrogen (secondary N) is 1. The predicted molar refractivity (Wildman–Crippen MR) is 81.1 cm³/mol. The van der Waals surface area contributed by atoms with E-state index in [4.69, 9.17) is 9.84 Å². The Morgan fingerprint density at radius 2 is 2.05 bits per heavy atom. The summed E-state index contributed by atoms with van der Waals surface area (Å²) in [5.74, 6) is -1.58. The molecule has 6 nitrogen and oxygen atoms in total. The van der Waals surface area contributed by atoms with Crippen molar-refractivity contribution in [3.63, 3.8) is 0 Å². The van der Waals surface area contributed by atoms with Crippen molar-refractivity contribution in [1.29, 1.82) is 0 Å². The number of ether oxygens (including phenoxy) is 1. The van der Waals surface area contributed by atoms with Crippen LogP contribution in [0, 0.1) is 0 Å². The van der Waals surface area contributed by atoms with Gasteiger partial charge in [-0.25, -0.2) is 9.78 Å². The van der Waals surface area contributed by atoms with Crippen LogP contribution in [0.15, 0.2) is 0 Å². The van der Waals surface area contributed by atoms with Gasteiger partial charge >= 0.3 is 30.8 Å². The molecule has 1 aliphatic rings. The van der Waals surface area contributed by atoms with Gasteiger partial charge in [-0.3, -0.25) is 10.1 Å². The summed E-state index contributed by atoms with van der Waals surface area (Å²) >= 11 is 1.15.